The fraction of sp³-hybridized carbons (Fsp3) is 0.550. The van der Waals surface area contributed by atoms with Crippen molar-refractivity contribution in [1.82, 2.24) is 20.9 Å². The maximum absolute atomic E-state index is 12.7. The highest BCUT2D eigenvalue weighted by molar-refractivity contribution is 6.05. The van der Waals surface area contributed by atoms with Gasteiger partial charge in [0.25, 0.3) is 5.91 Å². The van der Waals surface area contributed by atoms with Crippen molar-refractivity contribution < 1.29 is 14.4 Å². The summed E-state index contributed by atoms with van der Waals surface area (Å²) in [6.45, 7) is 3.36. The number of rotatable bonds is 4. The van der Waals surface area contributed by atoms with Crippen LogP contribution < -0.4 is 16.0 Å². The molecule has 142 valence electrons. The molecule has 1 unspecified atom stereocenters. The zero-order valence-corrected chi connectivity index (χ0v) is 15.2. The molecule has 4 aliphatic rings. The van der Waals surface area contributed by atoms with Gasteiger partial charge in [0.1, 0.15) is 6.04 Å². The molecule has 3 aliphatic heterocycles. The van der Waals surface area contributed by atoms with Crippen LogP contribution in [0.25, 0.3) is 0 Å². The van der Waals surface area contributed by atoms with Gasteiger partial charge in [-0.25, -0.2) is 0 Å². The first-order valence-electron chi connectivity index (χ1n) is 9.78. The molecule has 5 rings (SSSR count). The summed E-state index contributed by atoms with van der Waals surface area (Å²) in [5, 5.41) is 9.56. The molecule has 1 aromatic rings. The third-order valence-corrected chi connectivity index (χ3v) is 6.78. The summed E-state index contributed by atoms with van der Waals surface area (Å²) in [7, 11) is 0. The maximum atomic E-state index is 12.7. The summed E-state index contributed by atoms with van der Waals surface area (Å²) >= 11 is 0. The number of piperidine rings is 1. The van der Waals surface area contributed by atoms with E-state index < -0.39 is 6.04 Å². The number of carbonyl (C=O) groups is 3. The summed E-state index contributed by atoms with van der Waals surface area (Å²) in [4.78, 5) is 37.8. The van der Waals surface area contributed by atoms with Gasteiger partial charge in [-0.2, -0.15) is 0 Å². The van der Waals surface area contributed by atoms with E-state index in [0.717, 1.165) is 31.1 Å². The van der Waals surface area contributed by atoms with Crippen LogP contribution in [0, 0.1) is 5.92 Å². The average Bonchev–Trinajstić information content (AvgIpc) is 3.10. The van der Waals surface area contributed by atoms with E-state index in [0.29, 0.717) is 18.5 Å². The molecule has 7 heteroatoms. The number of nitrogens with zero attached hydrogens (tertiary/aromatic N) is 1. The van der Waals surface area contributed by atoms with Crippen LogP contribution in [-0.4, -0.2) is 47.3 Å². The average molecular weight is 368 g/mol. The van der Waals surface area contributed by atoms with Gasteiger partial charge >= 0.3 is 0 Å². The molecule has 3 heterocycles. The molecule has 0 radical (unpaired) electrons. The monoisotopic (exact) mass is 368 g/mol. The Morgan fingerprint density at radius 3 is 2.85 bits per heavy atom. The van der Waals surface area contributed by atoms with Crippen molar-refractivity contribution in [3.63, 3.8) is 0 Å². The van der Waals surface area contributed by atoms with Crippen LogP contribution in [0.3, 0.4) is 0 Å². The van der Waals surface area contributed by atoms with Crippen molar-refractivity contribution in [2.45, 2.75) is 50.4 Å². The van der Waals surface area contributed by atoms with Crippen molar-refractivity contribution in [2.24, 2.45) is 5.92 Å². The molecule has 3 atom stereocenters. The largest absolute Gasteiger partial charge is 0.322 e. The molecule has 2 saturated heterocycles. The molecule has 3 fully saturated rings. The molecular formula is C20H24N4O3. The van der Waals surface area contributed by atoms with E-state index in [1.54, 1.807) is 4.90 Å². The second kappa shape index (κ2) is 6.14. The molecule has 1 aliphatic carbocycles. The quantitative estimate of drug-likeness (QED) is 0.665. The van der Waals surface area contributed by atoms with Crippen LogP contribution in [0.1, 0.15) is 47.2 Å². The van der Waals surface area contributed by atoms with Crippen LogP contribution in [-0.2, 0) is 22.7 Å². The topological polar surface area (TPSA) is 90.5 Å². The van der Waals surface area contributed by atoms with Gasteiger partial charge in [-0.15, -0.1) is 0 Å². The van der Waals surface area contributed by atoms with Crippen LogP contribution in [0.15, 0.2) is 18.2 Å². The van der Waals surface area contributed by atoms with Crippen LogP contribution in [0.5, 0.6) is 0 Å². The Bertz CT molecular complexity index is 839. The number of fused-ring (bicyclic) bond motifs is 2. The zero-order chi connectivity index (χ0) is 18.6. The van der Waals surface area contributed by atoms with Crippen molar-refractivity contribution in [1.29, 1.82) is 0 Å². The Hall–Kier alpha value is -2.25. The van der Waals surface area contributed by atoms with Crippen molar-refractivity contribution in [2.75, 3.05) is 13.1 Å². The summed E-state index contributed by atoms with van der Waals surface area (Å²) in [6.07, 6.45) is 3.19. The van der Waals surface area contributed by atoms with Gasteiger partial charge in [0.05, 0.1) is 0 Å². The van der Waals surface area contributed by atoms with Gasteiger partial charge in [0.15, 0.2) is 0 Å². The van der Waals surface area contributed by atoms with E-state index in [1.807, 2.05) is 12.1 Å². The van der Waals surface area contributed by atoms with E-state index >= 15 is 0 Å². The molecular weight excluding hydrogens is 344 g/mol. The highest BCUT2D eigenvalue weighted by Gasteiger charge is 2.49. The normalized spacial score (nSPS) is 32.1. The number of nitrogens with one attached hydrogen (secondary N) is 3. The van der Waals surface area contributed by atoms with Crippen LogP contribution in [0.2, 0.25) is 0 Å². The fourth-order valence-corrected chi connectivity index (χ4v) is 5.01. The SMILES string of the molecule is O=C1CCC(N2Cc3cc(CN[C@]45CC[C@H]4CNC5)ccc3C2=O)C(=O)N1. The van der Waals surface area contributed by atoms with Crippen molar-refractivity contribution >= 4 is 17.7 Å². The van der Waals surface area contributed by atoms with Gasteiger partial charge in [-0.05, 0) is 48.9 Å². The zero-order valence-electron chi connectivity index (χ0n) is 15.2. The number of hydrogen-bond acceptors (Lipinski definition) is 5. The van der Waals surface area contributed by atoms with Gasteiger partial charge < -0.3 is 15.5 Å². The predicted octanol–water partition coefficient (Wildman–Crippen LogP) is 0.289. The first-order valence-corrected chi connectivity index (χ1v) is 9.78. The van der Waals surface area contributed by atoms with Crippen LogP contribution >= 0.6 is 0 Å². The Kier molecular flexibility index (Phi) is 3.84. The predicted molar refractivity (Wildman–Crippen MR) is 97.7 cm³/mol. The lowest BCUT2D eigenvalue weighted by Crippen LogP contribution is -2.57. The Morgan fingerprint density at radius 1 is 1.22 bits per heavy atom. The fourth-order valence-electron chi connectivity index (χ4n) is 5.01. The minimum Gasteiger partial charge on any atom is -0.322 e. The highest BCUT2D eigenvalue weighted by Crippen LogP contribution is 2.41. The van der Waals surface area contributed by atoms with E-state index in [2.05, 4.69) is 22.0 Å². The standard InChI is InChI=1S/C20H24N4O3/c25-17-4-3-16(18(26)23-17)24-10-13-7-12(1-2-15(13)19(24)27)8-22-20-6-5-14(20)9-21-11-20/h1-2,7,14,16,21-22H,3-6,8-11H2,(H,23,25,26)/t14-,16?,20-/m0/s1. The highest BCUT2D eigenvalue weighted by atomic mass is 16.2. The lowest BCUT2D eigenvalue weighted by atomic mass is 9.69. The molecule has 3 N–H and O–H groups in total. The Labute approximate surface area is 157 Å². The molecule has 1 saturated carbocycles. The van der Waals surface area contributed by atoms with Crippen molar-refractivity contribution in [3.8, 4) is 0 Å². The second-order valence-electron chi connectivity index (χ2n) is 8.27. The lowest BCUT2D eigenvalue weighted by molar-refractivity contribution is -0.136. The first kappa shape index (κ1) is 16.9. The number of imide groups is 1. The maximum Gasteiger partial charge on any atom is 0.255 e. The second-order valence-corrected chi connectivity index (χ2v) is 8.27. The molecule has 1 aromatic carbocycles. The summed E-state index contributed by atoms with van der Waals surface area (Å²) in [5.41, 5.74) is 3.05. The Morgan fingerprint density at radius 2 is 2.11 bits per heavy atom. The number of hydrogen-bond donors (Lipinski definition) is 3. The van der Waals surface area contributed by atoms with Crippen LogP contribution in [0.4, 0.5) is 0 Å². The number of amides is 3. The minimum atomic E-state index is -0.552. The smallest absolute Gasteiger partial charge is 0.255 e. The lowest BCUT2D eigenvalue weighted by Gasteiger charge is -2.45. The molecule has 0 spiro atoms. The van der Waals surface area contributed by atoms with E-state index in [9.17, 15) is 14.4 Å². The molecule has 27 heavy (non-hydrogen) atoms. The van der Waals surface area contributed by atoms with Gasteiger partial charge in [-0.1, -0.05) is 12.1 Å². The third-order valence-electron chi connectivity index (χ3n) is 6.78. The van der Waals surface area contributed by atoms with Gasteiger partial charge in [0.2, 0.25) is 11.8 Å². The molecule has 0 aromatic heterocycles. The van der Waals surface area contributed by atoms with E-state index in [4.69, 9.17) is 0 Å². The molecule has 0 bridgehead atoms. The molecule has 7 nitrogen and oxygen atoms in total. The third kappa shape index (κ3) is 2.68. The summed E-state index contributed by atoms with van der Waals surface area (Å²) < 4.78 is 0. The first-order chi connectivity index (χ1) is 13.1. The molecule has 3 amide bonds. The van der Waals surface area contributed by atoms with Crippen molar-refractivity contribution in [3.05, 3.63) is 34.9 Å². The minimum absolute atomic E-state index is 0.114. The summed E-state index contributed by atoms with van der Waals surface area (Å²) in [5.74, 6) is -0.00447. The van der Waals surface area contributed by atoms with Gasteiger partial charge in [0, 0.05) is 37.2 Å². The van der Waals surface area contributed by atoms with Gasteiger partial charge in [-0.3, -0.25) is 19.7 Å². The number of carbonyl (C=O) groups excluding carboxylic acids is 3. The summed E-state index contributed by atoms with van der Waals surface area (Å²) in [6, 6.07) is 5.41. The Balaban J connectivity index is 1.29. The number of benzene rings is 1. The van der Waals surface area contributed by atoms with E-state index in [-0.39, 0.29) is 29.7 Å². The van der Waals surface area contributed by atoms with E-state index in [1.165, 1.54) is 18.4 Å².